The molecule has 1 saturated heterocycles. The van der Waals surface area contributed by atoms with Crippen LogP contribution in [0.5, 0.6) is 0 Å². The van der Waals surface area contributed by atoms with Gasteiger partial charge in [-0.05, 0) is 49.0 Å². The van der Waals surface area contributed by atoms with E-state index in [0.717, 1.165) is 5.69 Å². The number of nitrogens with zero attached hydrogens (tertiary/aromatic N) is 2. The van der Waals surface area contributed by atoms with Crippen molar-refractivity contribution in [1.82, 2.24) is 15.2 Å². The largest absolute Gasteiger partial charge is 0.469 e. The molecule has 34 heavy (non-hydrogen) atoms. The number of methoxy groups -OCH3 is 2. The van der Waals surface area contributed by atoms with Crippen LogP contribution in [0.3, 0.4) is 0 Å². The first kappa shape index (κ1) is 23.4. The van der Waals surface area contributed by atoms with Crippen molar-refractivity contribution in [1.29, 1.82) is 0 Å². The molecule has 9 heteroatoms. The topological polar surface area (TPSA) is 93.9 Å². The van der Waals surface area contributed by atoms with Gasteiger partial charge >= 0.3 is 11.9 Å². The lowest BCUT2D eigenvalue weighted by Gasteiger charge is -2.26. The van der Waals surface area contributed by atoms with Gasteiger partial charge in [0, 0.05) is 24.7 Å². The molecule has 1 N–H and O–H groups in total. The minimum atomic E-state index is -0.437. The molecule has 1 aliphatic heterocycles. The number of carbonyl (C=O) groups is 2. The second-order valence-corrected chi connectivity index (χ2v) is 8.13. The maximum atomic E-state index is 12.3. The molecule has 0 spiro atoms. The molecule has 4 rings (SSSR count). The van der Waals surface area contributed by atoms with Gasteiger partial charge in [-0.1, -0.05) is 24.3 Å². The highest BCUT2D eigenvalue weighted by atomic mass is 32.1. The normalized spacial score (nSPS) is 17.4. The SMILES string of the molecule is COC(=O)CCCN1C(=S)N[C@@H](c2ccccn2)[C@H]1c1ccc(-c2ccccc2C(=O)OC)o1. The molecule has 2 atom stereocenters. The second kappa shape index (κ2) is 10.5. The highest BCUT2D eigenvalue weighted by Crippen LogP contribution is 2.41. The zero-order chi connectivity index (χ0) is 24.1. The molecule has 0 aliphatic carbocycles. The van der Waals surface area contributed by atoms with Crippen molar-refractivity contribution in [2.75, 3.05) is 20.8 Å². The Morgan fingerprint density at radius 3 is 2.62 bits per heavy atom. The number of aromatic nitrogens is 1. The van der Waals surface area contributed by atoms with Gasteiger partial charge in [0.25, 0.3) is 0 Å². The number of hydrogen-bond acceptors (Lipinski definition) is 7. The third-order valence-corrected chi connectivity index (χ3v) is 6.07. The van der Waals surface area contributed by atoms with Crippen molar-refractivity contribution >= 4 is 29.3 Å². The summed E-state index contributed by atoms with van der Waals surface area (Å²) in [5.41, 5.74) is 1.88. The molecule has 0 amide bonds. The predicted octanol–water partition coefficient (Wildman–Crippen LogP) is 4.05. The average Bonchev–Trinajstić information content (AvgIpc) is 3.48. The first-order chi connectivity index (χ1) is 16.5. The third kappa shape index (κ3) is 4.79. The number of esters is 2. The summed E-state index contributed by atoms with van der Waals surface area (Å²) >= 11 is 5.64. The van der Waals surface area contributed by atoms with E-state index in [-0.39, 0.29) is 24.5 Å². The Kier molecular flexibility index (Phi) is 7.22. The molecule has 1 aliphatic rings. The molecule has 0 unspecified atom stereocenters. The zero-order valence-corrected chi connectivity index (χ0v) is 19.7. The Hall–Kier alpha value is -3.72. The van der Waals surface area contributed by atoms with E-state index in [1.165, 1.54) is 14.2 Å². The number of furan rings is 1. The van der Waals surface area contributed by atoms with E-state index >= 15 is 0 Å². The van der Waals surface area contributed by atoms with E-state index in [1.54, 1.807) is 18.3 Å². The second-order valence-electron chi connectivity index (χ2n) is 7.74. The van der Waals surface area contributed by atoms with E-state index in [4.69, 9.17) is 26.1 Å². The first-order valence-corrected chi connectivity index (χ1v) is 11.3. The Balaban J connectivity index is 1.68. The number of pyridine rings is 1. The fourth-order valence-electron chi connectivity index (χ4n) is 4.09. The van der Waals surface area contributed by atoms with Gasteiger partial charge in [0.15, 0.2) is 5.11 Å². The number of ether oxygens (including phenoxy) is 2. The quantitative estimate of drug-likeness (QED) is 0.379. The highest BCUT2D eigenvalue weighted by Gasteiger charge is 2.41. The van der Waals surface area contributed by atoms with E-state index in [0.29, 0.717) is 40.7 Å². The van der Waals surface area contributed by atoms with Crippen LogP contribution in [0.1, 0.15) is 46.7 Å². The summed E-state index contributed by atoms with van der Waals surface area (Å²) in [6, 6.07) is 16.0. The van der Waals surface area contributed by atoms with E-state index in [9.17, 15) is 9.59 Å². The van der Waals surface area contributed by atoms with E-state index in [2.05, 4.69) is 10.3 Å². The summed E-state index contributed by atoms with van der Waals surface area (Å²) < 4.78 is 16.0. The van der Waals surface area contributed by atoms with Crippen LogP contribution in [0, 0.1) is 0 Å². The molecule has 1 aromatic carbocycles. The first-order valence-electron chi connectivity index (χ1n) is 10.9. The summed E-state index contributed by atoms with van der Waals surface area (Å²) in [4.78, 5) is 30.4. The van der Waals surface area contributed by atoms with Crippen LogP contribution in [0.15, 0.2) is 65.2 Å². The third-order valence-electron chi connectivity index (χ3n) is 5.72. The fraction of sp³-hybridized carbons (Fsp3) is 0.280. The lowest BCUT2D eigenvalue weighted by molar-refractivity contribution is -0.140. The molecular weight excluding hydrogens is 454 g/mol. The van der Waals surface area contributed by atoms with Crippen molar-refractivity contribution in [3.63, 3.8) is 0 Å². The number of nitrogens with one attached hydrogen (secondary N) is 1. The molecule has 3 heterocycles. The van der Waals surface area contributed by atoms with Crippen LogP contribution in [0.4, 0.5) is 0 Å². The maximum Gasteiger partial charge on any atom is 0.338 e. The van der Waals surface area contributed by atoms with Gasteiger partial charge in [-0.25, -0.2) is 4.79 Å². The Labute approximate surface area is 202 Å². The molecular formula is C25H25N3O5S. The van der Waals surface area contributed by atoms with Gasteiger partial charge in [-0.15, -0.1) is 0 Å². The van der Waals surface area contributed by atoms with Crippen LogP contribution in [-0.4, -0.2) is 47.7 Å². The Bertz CT molecular complexity index is 1180. The summed E-state index contributed by atoms with van der Waals surface area (Å²) in [6.45, 7) is 0.531. The summed E-state index contributed by atoms with van der Waals surface area (Å²) in [7, 11) is 2.72. The molecule has 1 fully saturated rings. The van der Waals surface area contributed by atoms with E-state index in [1.807, 2.05) is 47.4 Å². The molecule has 0 radical (unpaired) electrons. The van der Waals surface area contributed by atoms with Gasteiger partial charge in [-0.3, -0.25) is 9.78 Å². The summed E-state index contributed by atoms with van der Waals surface area (Å²) in [6.07, 6.45) is 2.59. The number of carbonyl (C=O) groups excluding carboxylic acids is 2. The van der Waals surface area contributed by atoms with Gasteiger partial charge in [-0.2, -0.15) is 0 Å². The molecule has 0 bridgehead atoms. The van der Waals surface area contributed by atoms with Gasteiger partial charge < -0.3 is 24.1 Å². The summed E-state index contributed by atoms with van der Waals surface area (Å²) in [5.74, 6) is 0.502. The lowest BCUT2D eigenvalue weighted by Crippen LogP contribution is -2.30. The molecule has 8 nitrogen and oxygen atoms in total. The van der Waals surface area contributed by atoms with Crippen LogP contribution in [0.2, 0.25) is 0 Å². The van der Waals surface area contributed by atoms with Crippen molar-refractivity contribution in [2.45, 2.75) is 24.9 Å². The average molecular weight is 480 g/mol. The van der Waals surface area contributed by atoms with Crippen molar-refractivity contribution in [3.05, 3.63) is 77.8 Å². The monoisotopic (exact) mass is 479 g/mol. The van der Waals surface area contributed by atoms with Crippen LogP contribution in [0.25, 0.3) is 11.3 Å². The van der Waals surface area contributed by atoms with Gasteiger partial charge in [0.2, 0.25) is 0 Å². The molecule has 0 saturated carbocycles. The van der Waals surface area contributed by atoms with Crippen LogP contribution in [-0.2, 0) is 14.3 Å². The molecule has 176 valence electrons. The predicted molar refractivity (Wildman–Crippen MR) is 129 cm³/mol. The minimum absolute atomic E-state index is 0.248. The van der Waals surface area contributed by atoms with Gasteiger partial charge in [0.05, 0.1) is 31.5 Å². The van der Waals surface area contributed by atoms with Crippen LogP contribution >= 0.6 is 12.2 Å². The Morgan fingerprint density at radius 1 is 1.09 bits per heavy atom. The Morgan fingerprint density at radius 2 is 1.88 bits per heavy atom. The van der Waals surface area contributed by atoms with E-state index < -0.39 is 5.97 Å². The fourth-order valence-corrected chi connectivity index (χ4v) is 4.43. The van der Waals surface area contributed by atoms with Crippen LogP contribution < -0.4 is 5.32 Å². The molecule has 2 aromatic heterocycles. The number of benzene rings is 1. The van der Waals surface area contributed by atoms with Crippen molar-refractivity contribution in [3.8, 4) is 11.3 Å². The number of rotatable bonds is 8. The minimum Gasteiger partial charge on any atom is -0.469 e. The summed E-state index contributed by atoms with van der Waals surface area (Å²) in [5, 5.41) is 3.91. The van der Waals surface area contributed by atoms with Crippen molar-refractivity contribution in [2.24, 2.45) is 0 Å². The maximum absolute atomic E-state index is 12.3. The smallest absolute Gasteiger partial charge is 0.338 e. The zero-order valence-electron chi connectivity index (χ0n) is 18.9. The highest BCUT2D eigenvalue weighted by molar-refractivity contribution is 7.80. The standard InChI is InChI=1S/C25H25N3O5S/c1-31-21(29)11-7-15-28-23(22(27-25(28)34)18-10-5-6-14-26-18)20-13-12-19(33-20)16-8-3-4-9-17(16)24(30)32-2/h3-6,8-10,12-14,22-23H,7,11,15H2,1-2H3,(H,27,34)/t22-,23+/m0/s1. The molecule has 3 aromatic rings. The lowest BCUT2D eigenvalue weighted by atomic mass is 10.0. The van der Waals surface area contributed by atoms with Crippen molar-refractivity contribution < 1.29 is 23.5 Å². The number of hydrogen-bond donors (Lipinski definition) is 1. The number of thiocarbonyl (C=S) groups is 1. The van der Waals surface area contributed by atoms with Gasteiger partial charge in [0.1, 0.15) is 17.6 Å².